The molecule has 1 unspecified atom stereocenters. The van der Waals surface area contributed by atoms with E-state index in [-0.39, 0.29) is 12.4 Å². The Bertz CT molecular complexity index is 249. The molecule has 15 heavy (non-hydrogen) atoms. The van der Waals surface area contributed by atoms with Crippen LogP contribution in [0.3, 0.4) is 0 Å². The Hall–Kier alpha value is -0.900. The molecule has 0 aromatic heterocycles. The molecule has 0 aromatic rings. The second kappa shape index (κ2) is 6.56. The summed E-state index contributed by atoms with van der Waals surface area (Å²) in [6.07, 6.45) is -4.53. The van der Waals surface area contributed by atoms with Gasteiger partial charge in [0, 0.05) is 5.75 Å². The molecule has 0 rings (SSSR count). The van der Waals surface area contributed by atoms with Gasteiger partial charge < -0.3 is 4.74 Å². The molecule has 7 heteroatoms. The van der Waals surface area contributed by atoms with E-state index >= 15 is 0 Å². The molecule has 0 saturated heterocycles. The SMILES string of the molecule is CCOC(=O)CSCC(C#N)C(F)(F)F. The summed E-state index contributed by atoms with van der Waals surface area (Å²) in [5.41, 5.74) is 0. The van der Waals surface area contributed by atoms with Gasteiger partial charge in [-0.3, -0.25) is 4.79 Å². The monoisotopic (exact) mass is 241 g/mol. The standard InChI is InChI=1S/C8H10F3NO2S/c1-2-14-7(13)5-15-4-6(3-12)8(9,10)11/h6H,2,4-5H2,1H3. The molecule has 0 aliphatic heterocycles. The van der Waals surface area contributed by atoms with E-state index in [2.05, 4.69) is 4.74 Å². The van der Waals surface area contributed by atoms with E-state index in [1.54, 1.807) is 6.92 Å². The number of nitriles is 1. The van der Waals surface area contributed by atoms with E-state index in [9.17, 15) is 18.0 Å². The van der Waals surface area contributed by atoms with Gasteiger partial charge in [0.2, 0.25) is 0 Å². The van der Waals surface area contributed by atoms with Gasteiger partial charge in [-0.25, -0.2) is 0 Å². The van der Waals surface area contributed by atoms with E-state index < -0.39 is 23.8 Å². The van der Waals surface area contributed by atoms with Gasteiger partial charge in [-0.05, 0) is 6.92 Å². The zero-order valence-corrected chi connectivity index (χ0v) is 8.82. The van der Waals surface area contributed by atoms with Crippen molar-refractivity contribution in [3.8, 4) is 6.07 Å². The van der Waals surface area contributed by atoms with Crippen LogP contribution in [0.15, 0.2) is 0 Å². The van der Waals surface area contributed by atoms with Crippen LogP contribution in [0.5, 0.6) is 0 Å². The van der Waals surface area contributed by atoms with Crippen LogP contribution in [-0.2, 0) is 9.53 Å². The number of carbonyl (C=O) groups is 1. The molecule has 1 atom stereocenters. The van der Waals surface area contributed by atoms with E-state index in [1.165, 1.54) is 0 Å². The third-order valence-corrected chi connectivity index (χ3v) is 2.37. The molecule has 0 amide bonds. The minimum Gasteiger partial charge on any atom is -0.465 e. The lowest BCUT2D eigenvalue weighted by molar-refractivity contribution is -0.153. The number of hydrogen-bond donors (Lipinski definition) is 0. The third-order valence-electron chi connectivity index (χ3n) is 1.36. The molecule has 3 nitrogen and oxygen atoms in total. The molecule has 0 aliphatic rings. The minimum absolute atomic E-state index is 0.165. The number of alkyl halides is 3. The first-order chi connectivity index (χ1) is 6.91. The van der Waals surface area contributed by atoms with E-state index in [4.69, 9.17) is 5.26 Å². The Morgan fingerprint density at radius 1 is 1.60 bits per heavy atom. The maximum atomic E-state index is 12.0. The fourth-order valence-electron chi connectivity index (χ4n) is 0.668. The first kappa shape index (κ1) is 14.1. The lowest BCUT2D eigenvalue weighted by Crippen LogP contribution is -2.24. The molecule has 0 spiro atoms. The van der Waals surface area contributed by atoms with Gasteiger partial charge in [-0.15, -0.1) is 11.8 Å². The van der Waals surface area contributed by atoms with E-state index in [0.29, 0.717) is 0 Å². The molecular formula is C8H10F3NO2S. The number of hydrogen-bond acceptors (Lipinski definition) is 4. The molecule has 0 saturated carbocycles. The lowest BCUT2D eigenvalue weighted by Gasteiger charge is -2.11. The highest BCUT2D eigenvalue weighted by atomic mass is 32.2. The van der Waals surface area contributed by atoms with E-state index in [0.717, 1.165) is 17.8 Å². The van der Waals surface area contributed by atoms with Gasteiger partial charge in [-0.1, -0.05) is 0 Å². The topological polar surface area (TPSA) is 50.1 Å². The Morgan fingerprint density at radius 2 is 2.20 bits per heavy atom. The largest absolute Gasteiger partial charge is 0.465 e. The van der Waals surface area contributed by atoms with Crippen LogP contribution >= 0.6 is 11.8 Å². The predicted octanol–water partition coefficient (Wildman–Crippen LogP) is 1.98. The van der Waals surface area contributed by atoms with Crippen molar-refractivity contribution in [3.63, 3.8) is 0 Å². The molecule has 86 valence electrons. The molecule has 0 aromatic carbocycles. The van der Waals surface area contributed by atoms with Gasteiger partial charge in [0.05, 0.1) is 18.4 Å². The summed E-state index contributed by atoms with van der Waals surface area (Å²) in [6.45, 7) is 1.80. The first-order valence-electron chi connectivity index (χ1n) is 4.11. The van der Waals surface area contributed by atoms with Crippen molar-refractivity contribution in [3.05, 3.63) is 0 Å². The van der Waals surface area contributed by atoms with Gasteiger partial charge in [-0.2, -0.15) is 18.4 Å². The van der Waals surface area contributed by atoms with Gasteiger partial charge in [0.1, 0.15) is 0 Å². The van der Waals surface area contributed by atoms with Crippen LogP contribution in [0.1, 0.15) is 6.92 Å². The number of thioether (sulfide) groups is 1. The summed E-state index contributed by atoms with van der Waals surface area (Å²) >= 11 is 0.744. The maximum Gasteiger partial charge on any atom is 0.405 e. The van der Waals surface area contributed by atoms with Gasteiger partial charge >= 0.3 is 12.1 Å². The summed E-state index contributed by atoms with van der Waals surface area (Å²) in [4.78, 5) is 10.8. The second-order valence-electron chi connectivity index (χ2n) is 2.54. The predicted molar refractivity (Wildman–Crippen MR) is 49.1 cm³/mol. The molecule has 0 N–H and O–H groups in total. The minimum atomic E-state index is -4.53. The van der Waals surface area contributed by atoms with E-state index in [1.807, 2.05) is 0 Å². The van der Waals surface area contributed by atoms with Crippen molar-refractivity contribution < 1.29 is 22.7 Å². The Balaban J connectivity index is 3.85. The quantitative estimate of drug-likeness (QED) is 0.691. The molecule has 0 aliphatic carbocycles. The zero-order valence-electron chi connectivity index (χ0n) is 8.00. The Kier molecular flexibility index (Phi) is 6.17. The summed E-state index contributed by atoms with van der Waals surface area (Å²) in [5, 5.41) is 8.23. The molecule has 0 fully saturated rings. The molecule has 0 bridgehead atoms. The zero-order chi connectivity index (χ0) is 11.9. The summed E-state index contributed by atoms with van der Waals surface area (Å²) in [6, 6.07) is 1.15. The number of ether oxygens (including phenoxy) is 1. The van der Waals surface area contributed by atoms with Crippen LogP contribution in [0, 0.1) is 17.2 Å². The van der Waals surface area contributed by atoms with Crippen LogP contribution in [0.25, 0.3) is 0 Å². The van der Waals surface area contributed by atoms with Gasteiger partial charge in [0.15, 0.2) is 5.92 Å². The fourth-order valence-corrected chi connectivity index (χ4v) is 1.53. The third kappa shape index (κ3) is 6.23. The normalized spacial score (nSPS) is 13.0. The fraction of sp³-hybridized carbons (Fsp3) is 0.750. The number of rotatable bonds is 5. The highest BCUT2D eigenvalue weighted by molar-refractivity contribution is 7.99. The van der Waals surface area contributed by atoms with Crippen molar-refractivity contribution >= 4 is 17.7 Å². The molecular weight excluding hydrogens is 231 g/mol. The lowest BCUT2D eigenvalue weighted by atomic mass is 10.2. The number of halogens is 3. The smallest absolute Gasteiger partial charge is 0.405 e. The van der Waals surface area contributed by atoms with Crippen LogP contribution in [-0.4, -0.2) is 30.3 Å². The van der Waals surface area contributed by atoms with Crippen molar-refractivity contribution in [2.75, 3.05) is 18.1 Å². The van der Waals surface area contributed by atoms with Crippen molar-refractivity contribution in [2.24, 2.45) is 5.92 Å². The number of carbonyl (C=O) groups excluding carboxylic acids is 1. The number of esters is 1. The van der Waals surface area contributed by atoms with Gasteiger partial charge in [0.25, 0.3) is 0 Å². The second-order valence-corrected chi connectivity index (χ2v) is 3.57. The molecule has 0 radical (unpaired) electrons. The van der Waals surface area contributed by atoms with Crippen molar-refractivity contribution in [2.45, 2.75) is 13.1 Å². The molecule has 0 heterocycles. The average Bonchev–Trinajstić information content (AvgIpc) is 2.10. The average molecular weight is 241 g/mol. The first-order valence-corrected chi connectivity index (χ1v) is 5.27. The summed E-state index contributed by atoms with van der Waals surface area (Å²) < 4.78 is 40.6. The maximum absolute atomic E-state index is 12.0. The van der Waals surface area contributed by atoms with Crippen molar-refractivity contribution in [1.29, 1.82) is 5.26 Å². The summed E-state index contributed by atoms with van der Waals surface area (Å²) in [5.74, 6) is -3.21. The van der Waals surface area contributed by atoms with Crippen LogP contribution in [0.4, 0.5) is 13.2 Å². The Labute approximate surface area is 89.6 Å². The highest BCUT2D eigenvalue weighted by Crippen LogP contribution is 2.28. The van der Waals surface area contributed by atoms with Crippen molar-refractivity contribution in [1.82, 2.24) is 0 Å². The van der Waals surface area contributed by atoms with Crippen LogP contribution < -0.4 is 0 Å². The Morgan fingerprint density at radius 3 is 2.60 bits per heavy atom. The number of nitrogens with zero attached hydrogens (tertiary/aromatic N) is 1. The highest BCUT2D eigenvalue weighted by Gasteiger charge is 2.39. The summed E-state index contributed by atoms with van der Waals surface area (Å²) in [7, 11) is 0. The van der Waals surface area contributed by atoms with Crippen LogP contribution in [0.2, 0.25) is 0 Å².